The van der Waals surface area contributed by atoms with Gasteiger partial charge in [-0.1, -0.05) is 13.5 Å². The number of nitrogen functional groups attached to an aromatic ring is 1. The Bertz CT molecular complexity index is 431. The highest BCUT2D eigenvalue weighted by Gasteiger charge is 2.17. The van der Waals surface area contributed by atoms with E-state index in [1.165, 1.54) is 4.90 Å². The molecule has 1 aromatic heterocycles. The SMILES string of the molecule is C=C(CC)N(C)C(=O)c1cc(Br)cnc1N. The number of carbonyl (C=O) groups is 1. The Morgan fingerprint density at radius 3 is 2.88 bits per heavy atom. The minimum Gasteiger partial charge on any atom is -0.383 e. The lowest BCUT2D eigenvalue weighted by atomic mass is 10.2. The number of nitrogens with two attached hydrogens (primary N) is 1. The molecule has 2 N–H and O–H groups in total. The van der Waals surface area contributed by atoms with Gasteiger partial charge in [0.25, 0.3) is 5.91 Å². The van der Waals surface area contributed by atoms with Crippen molar-refractivity contribution >= 4 is 27.7 Å². The van der Waals surface area contributed by atoms with Crippen molar-refractivity contribution < 1.29 is 4.79 Å². The molecule has 5 heteroatoms. The van der Waals surface area contributed by atoms with E-state index in [4.69, 9.17) is 5.73 Å². The Labute approximate surface area is 103 Å². The summed E-state index contributed by atoms with van der Waals surface area (Å²) in [5.74, 6) is 0.0297. The third kappa shape index (κ3) is 2.61. The third-order valence-electron chi connectivity index (χ3n) is 2.30. The molecule has 0 aliphatic carbocycles. The number of anilines is 1. The molecule has 0 fully saturated rings. The fourth-order valence-corrected chi connectivity index (χ4v) is 1.51. The van der Waals surface area contributed by atoms with E-state index >= 15 is 0 Å². The first-order valence-corrected chi connectivity index (χ1v) is 5.63. The average molecular weight is 284 g/mol. The van der Waals surface area contributed by atoms with Crippen molar-refractivity contribution in [1.29, 1.82) is 0 Å². The molecular formula is C11H14BrN3O. The summed E-state index contributed by atoms with van der Waals surface area (Å²) < 4.78 is 0.723. The van der Waals surface area contributed by atoms with Gasteiger partial charge in [-0.05, 0) is 28.4 Å². The van der Waals surface area contributed by atoms with E-state index in [1.807, 2.05) is 6.92 Å². The zero-order valence-corrected chi connectivity index (χ0v) is 10.9. The summed E-state index contributed by atoms with van der Waals surface area (Å²) in [5.41, 5.74) is 6.78. The van der Waals surface area contributed by atoms with Crippen LogP contribution < -0.4 is 5.73 Å². The van der Waals surface area contributed by atoms with Crippen LogP contribution in [0.25, 0.3) is 0 Å². The van der Waals surface area contributed by atoms with E-state index in [0.717, 1.165) is 10.2 Å². The molecule has 0 unspecified atom stereocenters. The number of aromatic nitrogens is 1. The summed E-state index contributed by atoms with van der Waals surface area (Å²) >= 11 is 3.26. The first kappa shape index (κ1) is 12.7. The van der Waals surface area contributed by atoms with E-state index in [0.29, 0.717) is 12.0 Å². The van der Waals surface area contributed by atoms with Gasteiger partial charge in [0.15, 0.2) is 0 Å². The van der Waals surface area contributed by atoms with Gasteiger partial charge in [-0.3, -0.25) is 4.79 Å². The first-order valence-electron chi connectivity index (χ1n) is 4.84. The quantitative estimate of drug-likeness (QED) is 0.927. The molecule has 0 spiro atoms. The van der Waals surface area contributed by atoms with Crippen molar-refractivity contribution in [1.82, 2.24) is 9.88 Å². The summed E-state index contributed by atoms with van der Waals surface area (Å²) in [6.45, 7) is 5.74. The molecule has 1 amide bonds. The fraction of sp³-hybridized carbons (Fsp3) is 0.273. The van der Waals surface area contributed by atoms with Crippen molar-refractivity contribution in [3.63, 3.8) is 0 Å². The molecule has 16 heavy (non-hydrogen) atoms. The van der Waals surface area contributed by atoms with Gasteiger partial charge in [-0.25, -0.2) is 4.98 Å². The third-order valence-corrected chi connectivity index (χ3v) is 2.74. The number of hydrogen-bond donors (Lipinski definition) is 1. The minimum absolute atomic E-state index is 0.196. The molecule has 0 aliphatic heterocycles. The zero-order valence-electron chi connectivity index (χ0n) is 9.33. The first-order chi connectivity index (χ1) is 7.47. The molecule has 1 rings (SSSR count). The molecular weight excluding hydrogens is 270 g/mol. The summed E-state index contributed by atoms with van der Waals surface area (Å²) in [6, 6.07) is 1.66. The summed E-state index contributed by atoms with van der Waals surface area (Å²) in [4.78, 5) is 17.4. The number of amides is 1. The maximum Gasteiger partial charge on any atom is 0.261 e. The molecule has 0 saturated heterocycles. The highest BCUT2D eigenvalue weighted by Crippen LogP contribution is 2.18. The van der Waals surface area contributed by atoms with Crippen molar-refractivity contribution in [2.45, 2.75) is 13.3 Å². The standard InChI is InChI=1S/C11H14BrN3O/c1-4-7(2)15(3)11(16)9-5-8(12)6-14-10(9)13/h5-6H,2,4H2,1,3H3,(H2,13,14). The second-order valence-corrected chi connectivity index (χ2v) is 4.29. The van der Waals surface area contributed by atoms with Crippen molar-refractivity contribution in [3.05, 3.63) is 34.6 Å². The lowest BCUT2D eigenvalue weighted by Gasteiger charge is -2.19. The number of rotatable bonds is 3. The number of nitrogens with zero attached hydrogens (tertiary/aromatic N) is 2. The maximum atomic E-state index is 12.0. The topological polar surface area (TPSA) is 59.2 Å². The summed E-state index contributed by atoms with van der Waals surface area (Å²) in [7, 11) is 1.68. The molecule has 4 nitrogen and oxygen atoms in total. The van der Waals surface area contributed by atoms with Crippen LogP contribution in [0.4, 0.5) is 5.82 Å². The van der Waals surface area contributed by atoms with Crippen molar-refractivity contribution in [2.24, 2.45) is 0 Å². The molecule has 0 saturated carbocycles. The Morgan fingerprint density at radius 1 is 1.69 bits per heavy atom. The summed E-state index contributed by atoms with van der Waals surface area (Å²) in [5, 5.41) is 0. The largest absolute Gasteiger partial charge is 0.383 e. The van der Waals surface area contributed by atoms with Crippen LogP contribution in [0.15, 0.2) is 29.0 Å². The van der Waals surface area contributed by atoms with Crippen LogP contribution in [0, 0.1) is 0 Å². The maximum absolute atomic E-state index is 12.0. The Kier molecular flexibility index (Phi) is 4.06. The van der Waals surface area contributed by atoms with Gasteiger partial charge < -0.3 is 10.6 Å². The highest BCUT2D eigenvalue weighted by molar-refractivity contribution is 9.10. The molecule has 0 bridgehead atoms. The van der Waals surface area contributed by atoms with E-state index in [9.17, 15) is 4.79 Å². The van der Waals surface area contributed by atoms with Crippen LogP contribution in [-0.4, -0.2) is 22.8 Å². The molecule has 0 atom stereocenters. The van der Waals surface area contributed by atoms with Crippen LogP contribution in [0.3, 0.4) is 0 Å². The molecule has 0 radical (unpaired) electrons. The van der Waals surface area contributed by atoms with Crippen LogP contribution in [-0.2, 0) is 0 Å². The van der Waals surface area contributed by atoms with Crippen LogP contribution >= 0.6 is 15.9 Å². The minimum atomic E-state index is -0.196. The monoisotopic (exact) mass is 283 g/mol. The van der Waals surface area contributed by atoms with Crippen LogP contribution in [0.5, 0.6) is 0 Å². The van der Waals surface area contributed by atoms with E-state index in [2.05, 4.69) is 27.5 Å². The molecule has 1 aromatic rings. The zero-order chi connectivity index (χ0) is 12.3. The molecule has 1 heterocycles. The molecule has 0 aliphatic rings. The fourth-order valence-electron chi connectivity index (χ4n) is 1.18. The van der Waals surface area contributed by atoms with Gasteiger partial charge in [0.05, 0.1) is 5.56 Å². The van der Waals surface area contributed by atoms with Gasteiger partial charge in [0.1, 0.15) is 5.82 Å². The van der Waals surface area contributed by atoms with Gasteiger partial charge in [-0.2, -0.15) is 0 Å². The van der Waals surface area contributed by atoms with Gasteiger partial charge in [0.2, 0.25) is 0 Å². The average Bonchev–Trinajstić information content (AvgIpc) is 2.29. The Hall–Kier alpha value is -1.36. The smallest absolute Gasteiger partial charge is 0.261 e. The predicted octanol–water partition coefficient (Wildman–Crippen LogP) is 2.42. The molecule has 0 aromatic carbocycles. The second-order valence-electron chi connectivity index (χ2n) is 3.37. The highest BCUT2D eigenvalue weighted by atomic mass is 79.9. The number of carbonyl (C=O) groups excluding carboxylic acids is 1. The lowest BCUT2D eigenvalue weighted by Crippen LogP contribution is -2.26. The number of pyridine rings is 1. The normalized spacial score (nSPS) is 9.94. The van der Waals surface area contributed by atoms with Crippen molar-refractivity contribution in [3.8, 4) is 0 Å². The number of allylic oxidation sites excluding steroid dienone is 1. The Balaban J connectivity index is 3.05. The van der Waals surface area contributed by atoms with Crippen LogP contribution in [0.2, 0.25) is 0 Å². The van der Waals surface area contributed by atoms with E-state index < -0.39 is 0 Å². The Morgan fingerprint density at radius 2 is 2.31 bits per heavy atom. The number of hydrogen-bond acceptors (Lipinski definition) is 3. The van der Waals surface area contributed by atoms with E-state index in [-0.39, 0.29) is 11.7 Å². The van der Waals surface area contributed by atoms with Gasteiger partial charge >= 0.3 is 0 Å². The number of halogens is 1. The van der Waals surface area contributed by atoms with Crippen LogP contribution in [0.1, 0.15) is 23.7 Å². The van der Waals surface area contributed by atoms with Gasteiger partial charge in [0, 0.05) is 23.4 Å². The molecule has 86 valence electrons. The summed E-state index contributed by atoms with van der Waals surface area (Å²) in [6.07, 6.45) is 2.27. The van der Waals surface area contributed by atoms with E-state index in [1.54, 1.807) is 19.3 Å². The van der Waals surface area contributed by atoms with Gasteiger partial charge in [-0.15, -0.1) is 0 Å². The van der Waals surface area contributed by atoms with Crippen molar-refractivity contribution in [2.75, 3.05) is 12.8 Å². The predicted molar refractivity (Wildman–Crippen MR) is 67.9 cm³/mol. The second kappa shape index (κ2) is 5.12. The lowest BCUT2D eigenvalue weighted by molar-refractivity contribution is 0.0834.